The summed E-state index contributed by atoms with van der Waals surface area (Å²) in [4.78, 5) is 24.1. The van der Waals surface area contributed by atoms with E-state index in [-0.39, 0.29) is 23.3 Å². The van der Waals surface area contributed by atoms with Gasteiger partial charge in [-0.25, -0.2) is 8.42 Å². The first-order valence-electron chi connectivity index (χ1n) is 10.5. The van der Waals surface area contributed by atoms with Crippen LogP contribution in [0.5, 0.6) is 0 Å². The molecule has 1 N–H and O–H groups in total. The number of esters is 1. The molecule has 8 heteroatoms. The molecule has 1 aliphatic carbocycles. The van der Waals surface area contributed by atoms with Gasteiger partial charge in [-0.2, -0.15) is 4.31 Å². The number of nitrogens with one attached hydrogen (secondary N) is 1. The number of hydrogen-bond acceptors (Lipinski definition) is 5. The predicted octanol–water partition coefficient (Wildman–Crippen LogP) is 2.39. The molecule has 1 aromatic carbocycles. The Labute approximate surface area is 172 Å². The van der Waals surface area contributed by atoms with Gasteiger partial charge in [0.05, 0.1) is 4.90 Å². The van der Waals surface area contributed by atoms with E-state index in [0.29, 0.717) is 19.5 Å². The molecule has 7 nitrogen and oxygen atoms in total. The van der Waals surface area contributed by atoms with Crippen molar-refractivity contribution in [2.45, 2.75) is 75.3 Å². The van der Waals surface area contributed by atoms with Crippen molar-refractivity contribution in [3.8, 4) is 0 Å². The Bertz CT molecular complexity index is 810. The van der Waals surface area contributed by atoms with Crippen LogP contribution in [0.4, 0.5) is 0 Å². The van der Waals surface area contributed by atoms with E-state index in [1.54, 1.807) is 35.5 Å². The van der Waals surface area contributed by atoms with Gasteiger partial charge in [-0.3, -0.25) is 9.59 Å². The van der Waals surface area contributed by atoms with Crippen LogP contribution in [0.1, 0.15) is 57.4 Å². The van der Waals surface area contributed by atoms with Crippen LogP contribution in [0.15, 0.2) is 29.2 Å². The number of rotatable bonds is 8. The summed E-state index contributed by atoms with van der Waals surface area (Å²) in [6, 6.07) is 6.91. The summed E-state index contributed by atoms with van der Waals surface area (Å²) in [6.07, 6.45) is 5.67. The molecule has 1 saturated heterocycles. The number of sulfonamides is 1. The third-order valence-electron chi connectivity index (χ3n) is 5.35. The molecule has 29 heavy (non-hydrogen) atoms. The van der Waals surface area contributed by atoms with Crippen molar-refractivity contribution in [3.05, 3.63) is 29.8 Å². The van der Waals surface area contributed by atoms with Gasteiger partial charge < -0.3 is 10.1 Å². The number of hydrogen-bond donors (Lipinski definition) is 1. The first-order valence-corrected chi connectivity index (χ1v) is 11.9. The van der Waals surface area contributed by atoms with Gasteiger partial charge in [-0.1, -0.05) is 25.0 Å². The highest BCUT2D eigenvalue weighted by molar-refractivity contribution is 7.89. The molecule has 1 atom stereocenters. The van der Waals surface area contributed by atoms with Crippen molar-refractivity contribution < 1.29 is 22.7 Å². The van der Waals surface area contributed by atoms with Crippen LogP contribution >= 0.6 is 0 Å². The molecule has 1 unspecified atom stereocenters. The van der Waals surface area contributed by atoms with Crippen molar-refractivity contribution in [1.29, 1.82) is 0 Å². The van der Waals surface area contributed by atoms with Gasteiger partial charge in [-0.15, -0.1) is 0 Å². The van der Waals surface area contributed by atoms with E-state index in [1.807, 2.05) is 0 Å². The molecule has 1 heterocycles. The maximum Gasteiger partial charge on any atom is 0.306 e. The smallest absolute Gasteiger partial charge is 0.306 e. The normalized spacial score (nSPS) is 19.2. The zero-order valence-electron chi connectivity index (χ0n) is 16.9. The predicted molar refractivity (Wildman–Crippen MR) is 109 cm³/mol. The van der Waals surface area contributed by atoms with Crippen molar-refractivity contribution in [2.75, 3.05) is 13.1 Å². The minimum absolute atomic E-state index is 0.138. The van der Waals surface area contributed by atoms with E-state index in [4.69, 9.17) is 4.74 Å². The van der Waals surface area contributed by atoms with Gasteiger partial charge in [0.2, 0.25) is 10.0 Å². The fraction of sp³-hybridized carbons (Fsp3) is 0.619. The summed E-state index contributed by atoms with van der Waals surface area (Å²) in [6.45, 7) is 2.71. The lowest BCUT2D eigenvalue weighted by Gasteiger charge is -2.20. The van der Waals surface area contributed by atoms with Crippen molar-refractivity contribution in [2.24, 2.45) is 0 Å². The number of nitrogens with zero attached hydrogens (tertiary/aromatic N) is 1. The Morgan fingerprint density at radius 1 is 1.10 bits per heavy atom. The second-order valence-corrected chi connectivity index (χ2v) is 9.82. The van der Waals surface area contributed by atoms with E-state index in [2.05, 4.69) is 5.32 Å². The first-order chi connectivity index (χ1) is 13.9. The molecular formula is C21H30N2O5S. The van der Waals surface area contributed by atoms with E-state index < -0.39 is 22.1 Å². The van der Waals surface area contributed by atoms with Crippen LogP contribution in [0.25, 0.3) is 0 Å². The second kappa shape index (κ2) is 9.71. The minimum atomic E-state index is -3.47. The molecule has 0 aromatic heterocycles. The zero-order chi connectivity index (χ0) is 20.9. The highest BCUT2D eigenvalue weighted by Gasteiger charge is 2.27. The molecule has 1 amide bonds. The van der Waals surface area contributed by atoms with Gasteiger partial charge in [0, 0.05) is 25.6 Å². The lowest BCUT2D eigenvalue weighted by atomic mass is 10.1. The number of carbonyl (C=O) groups is 2. The monoisotopic (exact) mass is 422 g/mol. The molecule has 0 bridgehead atoms. The molecule has 1 saturated carbocycles. The van der Waals surface area contributed by atoms with E-state index in [1.165, 1.54) is 0 Å². The molecule has 0 spiro atoms. The lowest BCUT2D eigenvalue weighted by molar-refractivity contribution is -0.154. The lowest BCUT2D eigenvalue weighted by Crippen LogP contribution is -2.37. The van der Waals surface area contributed by atoms with Crippen LogP contribution in [0.3, 0.4) is 0 Å². The maximum absolute atomic E-state index is 12.8. The van der Waals surface area contributed by atoms with Crippen LogP contribution in [-0.4, -0.2) is 49.8 Å². The Kier molecular flexibility index (Phi) is 7.29. The van der Waals surface area contributed by atoms with Gasteiger partial charge in [0.1, 0.15) is 0 Å². The number of carbonyl (C=O) groups excluding carboxylic acids is 2. The SMILES string of the molecule is CC(OC(=O)CCc1ccc(S(=O)(=O)N2CCCCCC2)cc1)C(=O)NC1CC1. The minimum Gasteiger partial charge on any atom is -0.453 e. The molecule has 2 aliphatic rings. The molecule has 0 radical (unpaired) electrons. The van der Waals surface area contributed by atoms with Crippen molar-refractivity contribution in [3.63, 3.8) is 0 Å². The van der Waals surface area contributed by atoms with Gasteiger partial charge >= 0.3 is 5.97 Å². The summed E-state index contributed by atoms with van der Waals surface area (Å²) < 4.78 is 32.3. The second-order valence-electron chi connectivity index (χ2n) is 7.88. The molecule has 1 aromatic rings. The summed E-state index contributed by atoms with van der Waals surface area (Å²) in [5, 5.41) is 2.81. The number of ether oxygens (including phenoxy) is 1. The Morgan fingerprint density at radius 3 is 2.31 bits per heavy atom. The molecular weight excluding hydrogens is 392 g/mol. The van der Waals surface area contributed by atoms with Gasteiger partial charge in [0.25, 0.3) is 5.91 Å². The average molecular weight is 423 g/mol. The molecule has 160 valence electrons. The van der Waals surface area contributed by atoms with Crippen molar-refractivity contribution in [1.82, 2.24) is 9.62 Å². The molecule has 3 rings (SSSR count). The van der Waals surface area contributed by atoms with Crippen LogP contribution in [-0.2, 0) is 30.8 Å². The fourth-order valence-electron chi connectivity index (χ4n) is 3.36. The summed E-state index contributed by atoms with van der Waals surface area (Å²) in [5.41, 5.74) is 0.854. The summed E-state index contributed by atoms with van der Waals surface area (Å²) in [7, 11) is -3.47. The van der Waals surface area contributed by atoms with Gasteiger partial charge in [-0.05, 0) is 56.7 Å². The Morgan fingerprint density at radius 2 is 1.72 bits per heavy atom. The standard InChI is InChI=1S/C21H30N2O5S/c1-16(21(25)22-18-9-10-18)28-20(24)13-8-17-6-11-19(12-7-17)29(26,27)23-14-4-2-3-5-15-23/h6-7,11-12,16,18H,2-5,8-10,13-15H2,1H3,(H,22,25). The largest absolute Gasteiger partial charge is 0.453 e. The Balaban J connectivity index is 1.49. The highest BCUT2D eigenvalue weighted by Crippen LogP contribution is 2.21. The summed E-state index contributed by atoms with van der Waals surface area (Å²) in [5.74, 6) is -0.700. The zero-order valence-corrected chi connectivity index (χ0v) is 17.7. The van der Waals surface area contributed by atoms with Gasteiger partial charge in [0.15, 0.2) is 6.10 Å². The third-order valence-corrected chi connectivity index (χ3v) is 7.26. The van der Waals surface area contributed by atoms with Crippen molar-refractivity contribution >= 4 is 21.9 Å². The van der Waals surface area contributed by atoms with E-state index in [0.717, 1.165) is 44.1 Å². The Hall–Kier alpha value is -1.93. The summed E-state index contributed by atoms with van der Waals surface area (Å²) >= 11 is 0. The number of amides is 1. The van der Waals surface area contributed by atoms with Crippen LogP contribution in [0, 0.1) is 0 Å². The van der Waals surface area contributed by atoms with E-state index >= 15 is 0 Å². The average Bonchev–Trinajstić information content (AvgIpc) is 3.53. The third kappa shape index (κ3) is 6.27. The molecule has 1 aliphatic heterocycles. The maximum atomic E-state index is 12.8. The van der Waals surface area contributed by atoms with Crippen LogP contribution < -0.4 is 5.32 Å². The van der Waals surface area contributed by atoms with Crippen LogP contribution in [0.2, 0.25) is 0 Å². The highest BCUT2D eigenvalue weighted by atomic mass is 32.2. The number of aryl methyl sites for hydroxylation is 1. The first kappa shape index (κ1) is 21.8. The van der Waals surface area contributed by atoms with E-state index in [9.17, 15) is 18.0 Å². The fourth-order valence-corrected chi connectivity index (χ4v) is 4.88. The topological polar surface area (TPSA) is 92.8 Å². The molecule has 2 fully saturated rings. The number of benzene rings is 1. The quantitative estimate of drug-likeness (QED) is 0.650.